The van der Waals surface area contributed by atoms with Crippen molar-refractivity contribution >= 4 is 39.9 Å². The van der Waals surface area contributed by atoms with E-state index >= 15 is 0 Å². The molecule has 0 amide bonds. The minimum absolute atomic E-state index is 0.0331. The molecule has 35 heavy (non-hydrogen) atoms. The normalized spacial score (nSPS) is 13.0. The van der Waals surface area contributed by atoms with Crippen molar-refractivity contribution < 1.29 is 14.3 Å². The quantitative estimate of drug-likeness (QED) is 0.257. The van der Waals surface area contributed by atoms with Crippen LogP contribution in [0.1, 0.15) is 52.1 Å². The second kappa shape index (κ2) is 8.02. The summed E-state index contributed by atoms with van der Waals surface area (Å²) >= 11 is 1.57. The summed E-state index contributed by atoms with van der Waals surface area (Å²) in [7, 11) is 0. The SMILES string of the molecule is CC(C)c1c(-c2cc(F)cc3[nH]ccc23)[nH]c(C(=O)O)c1-c1ccnc2c1C=C(c1nccs1)C2. The summed E-state index contributed by atoms with van der Waals surface area (Å²) in [6, 6.07) is 6.64. The molecule has 6 rings (SSSR count). The lowest BCUT2D eigenvalue weighted by atomic mass is 9.88. The molecule has 6 nitrogen and oxygen atoms in total. The van der Waals surface area contributed by atoms with Gasteiger partial charge in [-0.15, -0.1) is 11.3 Å². The zero-order valence-electron chi connectivity index (χ0n) is 19.0. The van der Waals surface area contributed by atoms with Crippen LogP contribution in [0.4, 0.5) is 4.39 Å². The van der Waals surface area contributed by atoms with Crippen molar-refractivity contribution in [1.29, 1.82) is 0 Å². The molecule has 0 fully saturated rings. The number of carbonyl (C=O) groups is 1. The fraction of sp³-hybridized carbons (Fsp3) is 0.148. The standard InChI is InChI=1S/C27H21FN4O2S/c1-13(2)22-23(17-4-6-29-20-10-14(9-18(17)20)26-31-7-8-35-26)25(27(33)34)32-24(22)19-11-15(28)12-21-16(19)3-5-30-21/h3-9,11-13,30,32H,10H2,1-2H3,(H,33,34). The van der Waals surface area contributed by atoms with Gasteiger partial charge in [-0.2, -0.15) is 0 Å². The number of carboxylic acids is 1. The van der Waals surface area contributed by atoms with Crippen molar-refractivity contribution in [2.24, 2.45) is 0 Å². The molecule has 4 aromatic heterocycles. The van der Waals surface area contributed by atoms with E-state index in [9.17, 15) is 14.3 Å². The third-order valence-electron chi connectivity index (χ3n) is 6.46. The number of aromatic carboxylic acids is 1. The average molecular weight is 485 g/mol. The fourth-order valence-corrected chi connectivity index (χ4v) is 5.70. The van der Waals surface area contributed by atoms with Crippen molar-refractivity contribution in [3.05, 3.63) is 81.6 Å². The Kier molecular flexibility index (Phi) is 4.93. The van der Waals surface area contributed by atoms with Crippen LogP contribution in [0, 0.1) is 5.82 Å². The van der Waals surface area contributed by atoms with Crippen LogP contribution in [0.5, 0.6) is 0 Å². The van der Waals surface area contributed by atoms with Crippen LogP contribution in [0.3, 0.4) is 0 Å². The minimum Gasteiger partial charge on any atom is -0.477 e. The van der Waals surface area contributed by atoms with Gasteiger partial charge >= 0.3 is 5.97 Å². The number of hydrogen-bond donors (Lipinski definition) is 3. The van der Waals surface area contributed by atoms with E-state index in [4.69, 9.17) is 0 Å². The number of rotatable bonds is 5. The number of nitrogens with one attached hydrogen (secondary N) is 2. The third-order valence-corrected chi connectivity index (χ3v) is 7.31. The van der Waals surface area contributed by atoms with Crippen molar-refractivity contribution in [2.45, 2.75) is 26.2 Å². The Morgan fingerprint density at radius 2 is 2.03 bits per heavy atom. The van der Waals surface area contributed by atoms with Crippen molar-refractivity contribution in [3.63, 3.8) is 0 Å². The second-order valence-electron chi connectivity index (χ2n) is 8.92. The molecule has 8 heteroatoms. The molecule has 1 aliphatic carbocycles. The number of H-pyrrole nitrogens is 2. The summed E-state index contributed by atoms with van der Waals surface area (Å²) in [5, 5.41) is 13.9. The Hall–Kier alpha value is -4.04. The highest BCUT2D eigenvalue weighted by Crippen LogP contribution is 2.45. The number of benzene rings is 1. The van der Waals surface area contributed by atoms with Gasteiger partial charge in [-0.25, -0.2) is 14.2 Å². The van der Waals surface area contributed by atoms with Crippen LogP contribution in [0.25, 0.3) is 44.9 Å². The first kappa shape index (κ1) is 21.5. The number of aromatic nitrogens is 4. The molecule has 0 bridgehead atoms. The summed E-state index contributed by atoms with van der Waals surface area (Å²) in [5.74, 6) is -1.49. The van der Waals surface area contributed by atoms with Crippen molar-refractivity contribution in [1.82, 2.24) is 19.9 Å². The minimum atomic E-state index is -1.07. The van der Waals surface area contributed by atoms with Crippen LogP contribution < -0.4 is 0 Å². The largest absolute Gasteiger partial charge is 0.477 e. The molecule has 0 atom stereocenters. The molecule has 174 valence electrons. The summed E-state index contributed by atoms with van der Waals surface area (Å²) in [6.07, 6.45) is 7.95. The summed E-state index contributed by atoms with van der Waals surface area (Å²) in [5.41, 5.74) is 7.08. The zero-order valence-corrected chi connectivity index (χ0v) is 19.8. The van der Waals surface area contributed by atoms with Gasteiger partial charge in [-0.1, -0.05) is 13.8 Å². The van der Waals surface area contributed by atoms with Gasteiger partial charge in [0.2, 0.25) is 0 Å². The van der Waals surface area contributed by atoms with Crippen LogP contribution in [-0.4, -0.2) is 31.0 Å². The third kappa shape index (κ3) is 3.40. The summed E-state index contributed by atoms with van der Waals surface area (Å²) in [6.45, 7) is 4.04. The molecule has 0 radical (unpaired) electrons. The van der Waals surface area contributed by atoms with Crippen LogP contribution in [-0.2, 0) is 6.42 Å². The maximum atomic E-state index is 14.6. The van der Waals surface area contributed by atoms with E-state index in [0.29, 0.717) is 28.8 Å². The maximum absolute atomic E-state index is 14.6. The molecule has 0 aliphatic heterocycles. The maximum Gasteiger partial charge on any atom is 0.352 e. The van der Waals surface area contributed by atoms with Crippen LogP contribution in [0.2, 0.25) is 0 Å². The van der Waals surface area contributed by atoms with Crippen LogP contribution in [0.15, 0.2) is 48.2 Å². The zero-order chi connectivity index (χ0) is 24.3. The van der Waals surface area contributed by atoms with Crippen molar-refractivity contribution in [3.8, 4) is 22.4 Å². The molecule has 1 aliphatic rings. The smallest absolute Gasteiger partial charge is 0.352 e. The molecule has 0 unspecified atom stereocenters. The number of hydrogen-bond acceptors (Lipinski definition) is 4. The van der Waals surface area contributed by atoms with Crippen LogP contribution >= 0.6 is 11.3 Å². The first-order chi connectivity index (χ1) is 16.9. The van der Waals surface area contributed by atoms with E-state index < -0.39 is 11.8 Å². The van der Waals surface area contributed by atoms with E-state index in [1.165, 1.54) is 12.1 Å². The molecule has 1 aromatic carbocycles. The van der Waals surface area contributed by atoms with E-state index in [1.807, 2.05) is 31.4 Å². The van der Waals surface area contributed by atoms with Crippen molar-refractivity contribution in [2.75, 3.05) is 0 Å². The van der Waals surface area contributed by atoms with Gasteiger partial charge < -0.3 is 15.1 Å². The first-order valence-electron chi connectivity index (χ1n) is 11.3. The highest BCUT2D eigenvalue weighted by Gasteiger charge is 2.30. The lowest BCUT2D eigenvalue weighted by Crippen LogP contribution is -2.02. The number of halogens is 1. The van der Waals surface area contributed by atoms with Gasteiger partial charge in [0.15, 0.2) is 0 Å². The number of aromatic amines is 2. The summed E-state index contributed by atoms with van der Waals surface area (Å²) in [4.78, 5) is 27.7. The predicted molar refractivity (Wildman–Crippen MR) is 136 cm³/mol. The van der Waals surface area contributed by atoms with Gasteiger partial charge in [0.1, 0.15) is 16.5 Å². The predicted octanol–water partition coefficient (Wildman–Crippen LogP) is 6.74. The highest BCUT2D eigenvalue weighted by atomic mass is 32.1. The Morgan fingerprint density at radius 3 is 2.77 bits per heavy atom. The number of carboxylic acid groups (broad SMARTS) is 1. The van der Waals surface area contributed by atoms with E-state index in [-0.39, 0.29) is 11.6 Å². The van der Waals surface area contributed by atoms with Gasteiger partial charge in [0.05, 0.1) is 11.4 Å². The molecular formula is C27H21FN4O2S. The number of allylic oxidation sites excluding steroid dienone is 1. The van der Waals surface area contributed by atoms with E-state index in [1.54, 1.807) is 29.9 Å². The van der Waals surface area contributed by atoms with Gasteiger partial charge in [0.25, 0.3) is 0 Å². The Balaban J connectivity index is 1.64. The monoisotopic (exact) mass is 484 g/mol. The van der Waals surface area contributed by atoms with E-state index in [2.05, 4.69) is 26.0 Å². The molecule has 0 spiro atoms. The Morgan fingerprint density at radius 1 is 1.17 bits per heavy atom. The number of thiazole rings is 1. The molecule has 4 heterocycles. The number of pyridine rings is 1. The Labute approximate surface area is 204 Å². The molecular weight excluding hydrogens is 463 g/mol. The number of fused-ring (bicyclic) bond motifs is 2. The van der Waals surface area contributed by atoms with Gasteiger partial charge in [-0.3, -0.25) is 4.98 Å². The topological polar surface area (TPSA) is 94.7 Å². The molecule has 0 saturated carbocycles. The molecule has 5 aromatic rings. The summed E-state index contributed by atoms with van der Waals surface area (Å²) < 4.78 is 14.6. The Bertz CT molecular complexity index is 1640. The second-order valence-corrected chi connectivity index (χ2v) is 9.81. The lowest BCUT2D eigenvalue weighted by Gasteiger charge is -2.14. The highest BCUT2D eigenvalue weighted by molar-refractivity contribution is 7.10. The first-order valence-corrected chi connectivity index (χ1v) is 12.1. The van der Waals surface area contributed by atoms with Gasteiger partial charge in [-0.05, 0) is 53.0 Å². The van der Waals surface area contributed by atoms with Gasteiger partial charge in [0, 0.05) is 58.0 Å². The number of nitrogens with zero attached hydrogens (tertiary/aromatic N) is 2. The van der Waals surface area contributed by atoms with E-state index in [0.717, 1.165) is 38.4 Å². The lowest BCUT2D eigenvalue weighted by molar-refractivity contribution is 0.0692. The fourth-order valence-electron chi connectivity index (χ4n) is 5.04. The average Bonchev–Trinajstić information content (AvgIpc) is 3.62. The molecule has 3 N–H and O–H groups in total. The molecule has 0 saturated heterocycles.